The predicted octanol–water partition coefficient (Wildman–Crippen LogP) is 2.66. The summed E-state index contributed by atoms with van der Waals surface area (Å²) < 4.78 is 53.0. The predicted molar refractivity (Wildman–Crippen MR) is 103 cm³/mol. The molecule has 29 heavy (non-hydrogen) atoms. The molecule has 9 heteroatoms. The molecule has 150 valence electrons. The Balaban J connectivity index is 1.48. The van der Waals surface area contributed by atoms with Crippen LogP contribution in [0.3, 0.4) is 0 Å². The van der Waals surface area contributed by atoms with Crippen LogP contribution in [0.2, 0.25) is 0 Å². The van der Waals surface area contributed by atoms with Crippen molar-refractivity contribution in [3.05, 3.63) is 71.9 Å². The van der Waals surface area contributed by atoms with Gasteiger partial charge in [0.15, 0.2) is 11.6 Å². The van der Waals surface area contributed by atoms with Crippen LogP contribution in [0, 0.1) is 11.6 Å². The molecule has 0 N–H and O–H groups in total. The molecule has 6 nitrogen and oxygen atoms in total. The lowest BCUT2D eigenvalue weighted by Crippen LogP contribution is -2.50. The second kappa shape index (κ2) is 7.49. The number of aromatic nitrogens is 1. The average Bonchev–Trinajstić information content (AvgIpc) is 2.74. The molecular formula is C20H17F2N3O3S. The first kappa shape index (κ1) is 19.4. The quantitative estimate of drug-likeness (QED) is 0.657. The van der Waals surface area contributed by atoms with E-state index in [2.05, 4.69) is 4.98 Å². The summed E-state index contributed by atoms with van der Waals surface area (Å²) >= 11 is 0. The zero-order valence-corrected chi connectivity index (χ0v) is 16.1. The first-order chi connectivity index (χ1) is 13.9. The molecule has 1 aliphatic heterocycles. The normalized spacial score (nSPS) is 15.6. The van der Waals surface area contributed by atoms with Gasteiger partial charge in [-0.15, -0.1) is 0 Å². The van der Waals surface area contributed by atoms with Gasteiger partial charge in [0.25, 0.3) is 5.91 Å². The van der Waals surface area contributed by atoms with Crippen LogP contribution in [-0.4, -0.2) is 54.7 Å². The highest BCUT2D eigenvalue weighted by Gasteiger charge is 2.31. The van der Waals surface area contributed by atoms with Crippen LogP contribution < -0.4 is 0 Å². The number of para-hydroxylation sites is 1. The van der Waals surface area contributed by atoms with Crippen molar-refractivity contribution in [1.29, 1.82) is 0 Å². The number of amides is 1. The van der Waals surface area contributed by atoms with Crippen LogP contribution in [0.15, 0.2) is 59.5 Å². The number of sulfonamides is 1. The minimum Gasteiger partial charge on any atom is -0.335 e. The van der Waals surface area contributed by atoms with Crippen LogP contribution >= 0.6 is 0 Å². The van der Waals surface area contributed by atoms with E-state index in [1.165, 1.54) is 4.90 Å². The van der Waals surface area contributed by atoms with Gasteiger partial charge in [0, 0.05) is 31.6 Å². The monoisotopic (exact) mass is 417 g/mol. The number of nitrogens with zero attached hydrogens (tertiary/aromatic N) is 3. The van der Waals surface area contributed by atoms with Crippen LogP contribution in [0.4, 0.5) is 8.78 Å². The summed E-state index contributed by atoms with van der Waals surface area (Å²) in [4.78, 5) is 18.4. The number of halogens is 2. The number of piperazine rings is 1. The highest BCUT2D eigenvalue weighted by Crippen LogP contribution is 2.21. The van der Waals surface area contributed by atoms with Crippen molar-refractivity contribution in [2.45, 2.75) is 4.90 Å². The molecule has 0 bridgehead atoms. The summed E-state index contributed by atoms with van der Waals surface area (Å²) in [6.07, 6.45) is 0. The van der Waals surface area contributed by atoms with Gasteiger partial charge in [-0.2, -0.15) is 4.31 Å². The van der Waals surface area contributed by atoms with Crippen LogP contribution in [0.1, 0.15) is 10.5 Å². The van der Waals surface area contributed by atoms with Crippen LogP contribution in [-0.2, 0) is 10.0 Å². The molecule has 1 fully saturated rings. The SMILES string of the molecule is O=C(c1ccc2ccccc2n1)N1CCN(S(=O)(=O)c2ccc(F)c(F)c2)CC1. The number of carbonyl (C=O) groups is 1. The van der Waals surface area contributed by atoms with E-state index in [1.54, 1.807) is 6.07 Å². The van der Waals surface area contributed by atoms with Gasteiger partial charge in [0.2, 0.25) is 10.0 Å². The molecule has 1 saturated heterocycles. The maximum atomic E-state index is 13.4. The topological polar surface area (TPSA) is 70.6 Å². The van der Waals surface area contributed by atoms with Crippen molar-refractivity contribution in [2.24, 2.45) is 0 Å². The molecular weight excluding hydrogens is 400 g/mol. The zero-order chi connectivity index (χ0) is 20.6. The molecule has 2 aromatic carbocycles. The third-order valence-electron chi connectivity index (χ3n) is 4.87. The highest BCUT2D eigenvalue weighted by molar-refractivity contribution is 7.89. The fraction of sp³-hybridized carbons (Fsp3) is 0.200. The number of carbonyl (C=O) groups excluding carboxylic acids is 1. The second-order valence-electron chi connectivity index (χ2n) is 6.66. The molecule has 0 aliphatic carbocycles. The number of hydrogen-bond acceptors (Lipinski definition) is 4. The number of fused-ring (bicyclic) bond motifs is 1. The Morgan fingerprint density at radius 3 is 2.34 bits per heavy atom. The fourth-order valence-corrected chi connectivity index (χ4v) is 4.70. The summed E-state index contributed by atoms with van der Waals surface area (Å²) in [6, 6.07) is 13.4. The third-order valence-corrected chi connectivity index (χ3v) is 6.77. The van der Waals surface area contributed by atoms with Crippen molar-refractivity contribution in [2.75, 3.05) is 26.2 Å². The largest absolute Gasteiger partial charge is 0.335 e. The van der Waals surface area contributed by atoms with Crippen molar-refractivity contribution in [1.82, 2.24) is 14.2 Å². The van der Waals surface area contributed by atoms with E-state index in [1.807, 2.05) is 30.3 Å². The molecule has 0 unspecified atom stereocenters. The van der Waals surface area contributed by atoms with Gasteiger partial charge in [-0.05, 0) is 30.3 Å². The molecule has 0 saturated carbocycles. The number of benzene rings is 2. The molecule has 4 rings (SSSR count). The van der Waals surface area contributed by atoms with Crippen LogP contribution in [0.25, 0.3) is 10.9 Å². The first-order valence-electron chi connectivity index (χ1n) is 8.96. The number of hydrogen-bond donors (Lipinski definition) is 0. The second-order valence-corrected chi connectivity index (χ2v) is 8.60. The lowest BCUT2D eigenvalue weighted by atomic mass is 10.2. The Morgan fingerprint density at radius 2 is 1.62 bits per heavy atom. The Labute approximate surface area is 166 Å². The molecule has 2 heterocycles. The minimum atomic E-state index is -3.97. The van der Waals surface area contributed by atoms with Crippen molar-refractivity contribution in [3.8, 4) is 0 Å². The van der Waals surface area contributed by atoms with E-state index in [0.717, 1.165) is 21.8 Å². The number of rotatable bonds is 3. The van der Waals surface area contributed by atoms with Gasteiger partial charge < -0.3 is 4.90 Å². The molecule has 3 aromatic rings. The van der Waals surface area contributed by atoms with Gasteiger partial charge in [-0.25, -0.2) is 22.2 Å². The van der Waals surface area contributed by atoms with E-state index in [9.17, 15) is 22.0 Å². The molecule has 1 aromatic heterocycles. The van der Waals surface area contributed by atoms with Gasteiger partial charge in [-0.3, -0.25) is 4.79 Å². The molecule has 0 atom stereocenters. The smallest absolute Gasteiger partial charge is 0.272 e. The first-order valence-corrected chi connectivity index (χ1v) is 10.4. The van der Waals surface area contributed by atoms with Crippen molar-refractivity contribution >= 4 is 26.8 Å². The lowest BCUT2D eigenvalue weighted by molar-refractivity contribution is 0.0692. The lowest BCUT2D eigenvalue weighted by Gasteiger charge is -2.33. The Morgan fingerprint density at radius 1 is 0.897 bits per heavy atom. The third kappa shape index (κ3) is 3.70. The van der Waals surface area contributed by atoms with Gasteiger partial charge >= 0.3 is 0 Å². The summed E-state index contributed by atoms with van der Waals surface area (Å²) in [5.74, 6) is -2.61. The van der Waals surface area contributed by atoms with Crippen LogP contribution in [0.5, 0.6) is 0 Å². The summed E-state index contributed by atoms with van der Waals surface area (Å²) in [5, 5.41) is 0.923. The van der Waals surface area contributed by atoms with Gasteiger partial charge in [0.05, 0.1) is 10.4 Å². The highest BCUT2D eigenvalue weighted by atomic mass is 32.2. The van der Waals surface area contributed by atoms with Crippen molar-refractivity contribution < 1.29 is 22.0 Å². The number of pyridine rings is 1. The zero-order valence-electron chi connectivity index (χ0n) is 15.3. The summed E-state index contributed by atoms with van der Waals surface area (Å²) in [7, 11) is -3.97. The average molecular weight is 417 g/mol. The Hall–Kier alpha value is -2.91. The van der Waals surface area contributed by atoms with E-state index < -0.39 is 21.7 Å². The van der Waals surface area contributed by atoms with E-state index in [4.69, 9.17) is 0 Å². The Kier molecular flexibility index (Phi) is 5.01. The maximum Gasteiger partial charge on any atom is 0.272 e. The maximum absolute atomic E-state index is 13.4. The van der Waals surface area contributed by atoms with E-state index >= 15 is 0 Å². The standard InChI is InChI=1S/C20H17F2N3O3S/c21-16-7-6-15(13-17(16)22)29(27,28)25-11-9-24(10-12-25)20(26)19-8-5-14-3-1-2-4-18(14)23-19/h1-8,13H,9-12H2. The van der Waals surface area contributed by atoms with Gasteiger partial charge in [0.1, 0.15) is 5.69 Å². The van der Waals surface area contributed by atoms with E-state index in [-0.39, 0.29) is 37.0 Å². The molecule has 0 radical (unpaired) electrons. The van der Waals surface area contributed by atoms with E-state index in [0.29, 0.717) is 17.3 Å². The molecule has 1 aliphatic rings. The van der Waals surface area contributed by atoms with Gasteiger partial charge in [-0.1, -0.05) is 24.3 Å². The Bertz CT molecular complexity index is 1190. The minimum absolute atomic E-state index is 0.0562. The fourth-order valence-electron chi connectivity index (χ4n) is 3.27. The summed E-state index contributed by atoms with van der Waals surface area (Å²) in [5.41, 5.74) is 0.999. The van der Waals surface area contributed by atoms with Crippen molar-refractivity contribution in [3.63, 3.8) is 0 Å². The summed E-state index contributed by atoms with van der Waals surface area (Å²) in [6.45, 7) is 0.466. The molecule has 1 amide bonds. The molecule has 0 spiro atoms.